The Morgan fingerprint density at radius 3 is 2.80 bits per heavy atom. The first-order valence-electron chi connectivity index (χ1n) is 5.47. The summed E-state index contributed by atoms with van der Waals surface area (Å²) in [5.41, 5.74) is 2.13. The molecule has 0 spiro atoms. The largest absolute Gasteiger partial charge is 0.293 e. The van der Waals surface area contributed by atoms with Gasteiger partial charge in [-0.3, -0.25) is 4.79 Å². The van der Waals surface area contributed by atoms with Gasteiger partial charge in [-0.2, -0.15) is 11.8 Å². The van der Waals surface area contributed by atoms with Crippen LogP contribution in [0.5, 0.6) is 0 Å². The molecule has 0 saturated carbocycles. The lowest BCUT2D eigenvalue weighted by Gasteiger charge is -2.03. The molecule has 82 valence electrons. The predicted octanol–water partition coefficient (Wildman–Crippen LogP) is 3.57. The summed E-state index contributed by atoms with van der Waals surface area (Å²) in [5, 5.41) is 0. The molecule has 0 bridgehead atoms. The zero-order valence-corrected chi connectivity index (χ0v) is 10.3. The third-order valence-electron chi connectivity index (χ3n) is 2.22. The minimum Gasteiger partial charge on any atom is -0.293 e. The van der Waals surface area contributed by atoms with Gasteiger partial charge in [0.05, 0.1) is 5.75 Å². The minimum absolute atomic E-state index is 0.250. The van der Waals surface area contributed by atoms with Crippen LogP contribution in [-0.2, 0) is 6.42 Å². The second-order valence-corrected chi connectivity index (χ2v) is 4.78. The van der Waals surface area contributed by atoms with Gasteiger partial charge < -0.3 is 0 Å². The molecule has 0 N–H and O–H groups in total. The van der Waals surface area contributed by atoms with E-state index in [0.717, 1.165) is 24.2 Å². The van der Waals surface area contributed by atoms with E-state index in [1.165, 1.54) is 5.56 Å². The highest BCUT2D eigenvalue weighted by atomic mass is 32.2. The van der Waals surface area contributed by atoms with E-state index in [-0.39, 0.29) is 5.78 Å². The fourth-order valence-electron chi connectivity index (χ4n) is 1.47. The lowest BCUT2D eigenvalue weighted by atomic mass is 10.1. The smallest absolute Gasteiger partial charge is 0.172 e. The van der Waals surface area contributed by atoms with Crippen LogP contribution in [0.15, 0.2) is 24.3 Å². The third-order valence-corrected chi connectivity index (χ3v) is 3.10. The zero-order chi connectivity index (χ0) is 11.1. The molecule has 0 saturated heterocycles. The predicted molar refractivity (Wildman–Crippen MR) is 67.8 cm³/mol. The van der Waals surface area contributed by atoms with Gasteiger partial charge in [0.2, 0.25) is 0 Å². The molecule has 0 unspecified atom stereocenters. The number of hydrogen-bond acceptors (Lipinski definition) is 2. The van der Waals surface area contributed by atoms with E-state index in [0.29, 0.717) is 5.75 Å². The molecule has 0 amide bonds. The number of ketones is 1. The molecule has 0 aromatic heterocycles. The maximum atomic E-state index is 11.7. The van der Waals surface area contributed by atoms with Crippen molar-refractivity contribution in [2.75, 3.05) is 11.5 Å². The summed E-state index contributed by atoms with van der Waals surface area (Å²) in [7, 11) is 0. The lowest BCUT2D eigenvalue weighted by Crippen LogP contribution is -2.03. The van der Waals surface area contributed by atoms with Crippen LogP contribution in [0.2, 0.25) is 0 Å². The Morgan fingerprint density at radius 1 is 1.33 bits per heavy atom. The molecule has 0 fully saturated rings. The lowest BCUT2D eigenvalue weighted by molar-refractivity contribution is 0.102. The molecule has 15 heavy (non-hydrogen) atoms. The van der Waals surface area contributed by atoms with Gasteiger partial charge in [-0.1, -0.05) is 38.5 Å². The number of thioether (sulfide) groups is 1. The van der Waals surface area contributed by atoms with Crippen molar-refractivity contribution in [2.24, 2.45) is 0 Å². The number of benzene rings is 1. The molecule has 0 aliphatic heterocycles. The van der Waals surface area contributed by atoms with E-state index in [1.807, 2.05) is 18.2 Å². The van der Waals surface area contributed by atoms with Gasteiger partial charge in [-0.25, -0.2) is 0 Å². The van der Waals surface area contributed by atoms with Crippen molar-refractivity contribution < 1.29 is 4.79 Å². The minimum atomic E-state index is 0.250. The van der Waals surface area contributed by atoms with Crippen LogP contribution in [0.4, 0.5) is 0 Å². The van der Waals surface area contributed by atoms with Gasteiger partial charge in [0, 0.05) is 5.56 Å². The van der Waals surface area contributed by atoms with Gasteiger partial charge in [0.1, 0.15) is 0 Å². The summed E-state index contributed by atoms with van der Waals surface area (Å²) < 4.78 is 0. The number of carbonyl (C=O) groups is 1. The van der Waals surface area contributed by atoms with Crippen molar-refractivity contribution in [3.63, 3.8) is 0 Å². The molecule has 0 heterocycles. The van der Waals surface area contributed by atoms with Crippen molar-refractivity contribution >= 4 is 17.5 Å². The molecular formula is C13H18OS. The summed E-state index contributed by atoms with van der Waals surface area (Å²) >= 11 is 1.68. The highest BCUT2D eigenvalue weighted by Crippen LogP contribution is 2.11. The summed E-state index contributed by atoms with van der Waals surface area (Å²) in [6.45, 7) is 4.23. The van der Waals surface area contributed by atoms with E-state index >= 15 is 0 Å². The quantitative estimate of drug-likeness (QED) is 0.684. The molecule has 0 atom stereocenters. The van der Waals surface area contributed by atoms with Crippen molar-refractivity contribution in [2.45, 2.75) is 26.7 Å². The van der Waals surface area contributed by atoms with Crippen LogP contribution >= 0.6 is 11.8 Å². The average Bonchev–Trinajstić information content (AvgIpc) is 2.27. The molecule has 1 aromatic rings. The molecule has 2 heteroatoms. The Hall–Kier alpha value is -0.760. The molecule has 0 radical (unpaired) electrons. The SMILES string of the molecule is CCCc1cccc(C(=O)CSCC)c1. The van der Waals surface area contributed by atoms with Crippen LogP contribution in [0.3, 0.4) is 0 Å². The van der Waals surface area contributed by atoms with Gasteiger partial charge in [-0.15, -0.1) is 0 Å². The van der Waals surface area contributed by atoms with Crippen molar-refractivity contribution in [3.8, 4) is 0 Å². The fraction of sp³-hybridized carbons (Fsp3) is 0.462. The van der Waals surface area contributed by atoms with Gasteiger partial charge in [0.15, 0.2) is 5.78 Å². The number of rotatable bonds is 6. The Labute approximate surface area is 96.3 Å². The third kappa shape index (κ3) is 4.08. The average molecular weight is 222 g/mol. The number of carbonyl (C=O) groups excluding carboxylic acids is 1. The first-order chi connectivity index (χ1) is 7.27. The number of aryl methyl sites for hydroxylation is 1. The first kappa shape index (κ1) is 12.3. The normalized spacial score (nSPS) is 10.3. The van der Waals surface area contributed by atoms with E-state index in [2.05, 4.69) is 19.9 Å². The standard InChI is InChI=1S/C13H18OS/c1-3-6-11-7-5-8-12(9-11)13(14)10-15-4-2/h5,7-9H,3-4,6,10H2,1-2H3. The Bertz CT molecular complexity index is 320. The van der Waals surface area contributed by atoms with Crippen molar-refractivity contribution in [1.29, 1.82) is 0 Å². The van der Waals surface area contributed by atoms with Gasteiger partial charge in [-0.05, 0) is 23.8 Å². The van der Waals surface area contributed by atoms with Gasteiger partial charge >= 0.3 is 0 Å². The zero-order valence-electron chi connectivity index (χ0n) is 9.45. The van der Waals surface area contributed by atoms with E-state index in [4.69, 9.17) is 0 Å². The van der Waals surface area contributed by atoms with Crippen LogP contribution in [0.25, 0.3) is 0 Å². The maximum Gasteiger partial charge on any atom is 0.172 e. The van der Waals surface area contributed by atoms with Crippen molar-refractivity contribution in [3.05, 3.63) is 35.4 Å². The highest BCUT2D eigenvalue weighted by Gasteiger charge is 2.05. The second kappa shape index (κ2) is 6.67. The summed E-state index contributed by atoms with van der Waals surface area (Å²) in [4.78, 5) is 11.7. The van der Waals surface area contributed by atoms with E-state index in [1.54, 1.807) is 11.8 Å². The van der Waals surface area contributed by atoms with E-state index in [9.17, 15) is 4.79 Å². The summed E-state index contributed by atoms with van der Waals surface area (Å²) in [6.07, 6.45) is 2.18. The first-order valence-corrected chi connectivity index (χ1v) is 6.63. The Morgan fingerprint density at radius 2 is 2.13 bits per heavy atom. The number of hydrogen-bond donors (Lipinski definition) is 0. The van der Waals surface area contributed by atoms with E-state index < -0.39 is 0 Å². The van der Waals surface area contributed by atoms with Crippen LogP contribution in [0.1, 0.15) is 36.2 Å². The Kier molecular flexibility index (Phi) is 5.48. The number of Topliss-reactive ketones (excluding diaryl/α,β-unsaturated/α-hetero) is 1. The summed E-state index contributed by atoms with van der Waals surface area (Å²) in [6, 6.07) is 8.02. The molecule has 0 aliphatic carbocycles. The molecule has 1 nitrogen and oxygen atoms in total. The summed E-state index contributed by atoms with van der Waals surface area (Å²) in [5.74, 6) is 1.85. The van der Waals surface area contributed by atoms with Crippen LogP contribution < -0.4 is 0 Å². The molecule has 0 aliphatic rings. The van der Waals surface area contributed by atoms with Crippen molar-refractivity contribution in [1.82, 2.24) is 0 Å². The highest BCUT2D eigenvalue weighted by molar-refractivity contribution is 7.99. The molecule has 1 rings (SSSR count). The van der Waals surface area contributed by atoms with Crippen LogP contribution in [0, 0.1) is 0 Å². The topological polar surface area (TPSA) is 17.1 Å². The van der Waals surface area contributed by atoms with Gasteiger partial charge in [0.25, 0.3) is 0 Å². The Balaban J connectivity index is 2.67. The molecular weight excluding hydrogens is 204 g/mol. The van der Waals surface area contributed by atoms with Crippen LogP contribution in [-0.4, -0.2) is 17.3 Å². The second-order valence-electron chi connectivity index (χ2n) is 3.51. The maximum absolute atomic E-state index is 11.7. The monoisotopic (exact) mass is 222 g/mol. The fourth-order valence-corrected chi connectivity index (χ4v) is 2.02. The molecule has 1 aromatic carbocycles.